The Hall–Kier alpha value is -0.610. The number of hydrogen-bond acceptors (Lipinski definition) is 4. The molecular weight excluding hydrogens is 180 g/mol. The van der Waals surface area contributed by atoms with Gasteiger partial charge in [0.05, 0.1) is 12.5 Å². The summed E-state index contributed by atoms with van der Waals surface area (Å²) in [6, 6.07) is 0.568. The average molecular weight is 200 g/mol. The Morgan fingerprint density at radius 2 is 2.14 bits per heavy atom. The monoisotopic (exact) mass is 200 g/mol. The highest BCUT2D eigenvalue weighted by Gasteiger charge is 2.33. The third kappa shape index (κ3) is 2.45. The lowest BCUT2D eigenvalue weighted by Crippen LogP contribution is -2.58. The summed E-state index contributed by atoms with van der Waals surface area (Å²) in [6.07, 6.45) is 0. The predicted molar refractivity (Wildman–Crippen MR) is 55.1 cm³/mol. The Balaban J connectivity index is 2.44. The standard InChI is InChI=1S/C10H20N2O2/c1-10(2,9(13)14-4)7-12(3)8-5-11-6-8/h8,11H,5-7H2,1-4H3. The molecule has 1 rings (SSSR count). The van der Waals surface area contributed by atoms with Gasteiger partial charge in [0, 0.05) is 25.7 Å². The van der Waals surface area contributed by atoms with Crippen LogP contribution in [0.3, 0.4) is 0 Å². The van der Waals surface area contributed by atoms with Crippen LogP contribution in [0, 0.1) is 5.41 Å². The van der Waals surface area contributed by atoms with Crippen molar-refractivity contribution in [3.05, 3.63) is 0 Å². The highest BCUT2D eigenvalue weighted by molar-refractivity contribution is 5.76. The lowest BCUT2D eigenvalue weighted by Gasteiger charge is -2.38. The molecule has 0 aliphatic carbocycles. The number of hydrogen-bond donors (Lipinski definition) is 1. The summed E-state index contributed by atoms with van der Waals surface area (Å²) in [7, 11) is 3.49. The molecule has 0 bridgehead atoms. The molecular formula is C10H20N2O2. The number of carbonyl (C=O) groups excluding carboxylic acids is 1. The second-order valence-electron chi connectivity index (χ2n) is 4.60. The average Bonchev–Trinajstić information content (AvgIpc) is 1.98. The number of ether oxygens (including phenoxy) is 1. The number of likely N-dealkylation sites (N-methyl/N-ethyl adjacent to an activating group) is 1. The van der Waals surface area contributed by atoms with E-state index in [4.69, 9.17) is 4.74 Å². The molecule has 0 atom stereocenters. The summed E-state index contributed by atoms with van der Waals surface area (Å²) in [5.41, 5.74) is -0.418. The second-order valence-corrected chi connectivity index (χ2v) is 4.60. The summed E-state index contributed by atoms with van der Waals surface area (Å²) in [5, 5.41) is 3.21. The van der Waals surface area contributed by atoms with E-state index in [0.29, 0.717) is 6.04 Å². The molecule has 0 spiro atoms. The van der Waals surface area contributed by atoms with Gasteiger partial charge in [0.1, 0.15) is 0 Å². The van der Waals surface area contributed by atoms with Crippen molar-refractivity contribution in [2.75, 3.05) is 33.8 Å². The van der Waals surface area contributed by atoms with E-state index < -0.39 is 5.41 Å². The molecule has 0 radical (unpaired) electrons. The van der Waals surface area contributed by atoms with Crippen LogP contribution >= 0.6 is 0 Å². The number of methoxy groups -OCH3 is 1. The van der Waals surface area contributed by atoms with Crippen LogP contribution in [-0.4, -0.2) is 50.7 Å². The zero-order valence-corrected chi connectivity index (χ0v) is 9.46. The van der Waals surface area contributed by atoms with E-state index in [1.165, 1.54) is 7.11 Å². The number of carbonyl (C=O) groups is 1. The molecule has 1 saturated heterocycles. The van der Waals surface area contributed by atoms with E-state index in [2.05, 4.69) is 17.3 Å². The van der Waals surface area contributed by atoms with Crippen molar-refractivity contribution < 1.29 is 9.53 Å². The molecule has 4 heteroatoms. The van der Waals surface area contributed by atoms with Crippen LogP contribution in [0.4, 0.5) is 0 Å². The highest BCUT2D eigenvalue weighted by Crippen LogP contribution is 2.20. The fourth-order valence-electron chi connectivity index (χ4n) is 1.68. The van der Waals surface area contributed by atoms with E-state index in [-0.39, 0.29) is 5.97 Å². The first-order chi connectivity index (χ1) is 6.47. The van der Waals surface area contributed by atoms with Crippen LogP contribution in [0.1, 0.15) is 13.8 Å². The summed E-state index contributed by atoms with van der Waals surface area (Å²) in [4.78, 5) is 13.6. The van der Waals surface area contributed by atoms with Gasteiger partial charge >= 0.3 is 5.97 Å². The van der Waals surface area contributed by atoms with Crippen LogP contribution in [-0.2, 0) is 9.53 Å². The minimum absolute atomic E-state index is 0.142. The van der Waals surface area contributed by atoms with Crippen LogP contribution < -0.4 is 5.32 Å². The SMILES string of the molecule is COC(=O)C(C)(C)CN(C)C1CNC1. The van der Waals surface area contributed by atoms with Crippen molar-refractivity contribution in [3.63, 3.8) is 0 Å². The molecule has 0 aromatic carbocycles. The van der Waals surface area contributed by atoms with Gasteiger partial charge in [-0.2, -0.15) is 0 Å². The largest absolute Gasteiger partial charge is 0.469 e. The quantitative estimate of drug-likeness (QED) is 0.653. The van der Waals surface area contributed by atoms with E-state index in [0.717, 1.165) is 19.6 Å². The number of esters is 1. The lowest BCUT2D eigenvalue weighted by molar-refractivity contribution is -0.152. The predicted octanol–water partition coefficient (Wildman–Crippen LogP) is 0.0892. The van der Waals surface area contributed by atoms with Gasteiger partial charge in [0.25, 0.3) is 0 Å². The van der Waals surface area contributed by atoms with E-state index in [9.17, 15) is 4.79 Å². The van der Waals surface area contributed by atoms with Crippen molar-refractivity contribution in [1.29, 1.82) is 0 Å². The second kappa shape index (κ2) is 4.28. The van der Waals surface area contributed by atoms with Gasteiger partial charge in [0.15, 0.2) is 0 Å². The first-order valence-corrected chi connectivity index (χ1v) is 4.97. The molecule has 4 nitrogen and oxygen atoms in total. The molecule has 14 heavy (non-hydrogen) atoms. The Bertz CT molecular complexity index is 212. The first kappa shape index (κ1) is 11.5. The molecule has 1 aliphatic heterocycles. The third-order valence-corrected chi connectivity index (χ3v) is 2.77. The minimum atomic E-state index is -0.418. The molecule has 1 fully saturated rings. The van der Waals surface area contributed by atoms with Gasteiger partial charge in [-0.25, -0.2) is 0 Å². The summed E-state index contributed by atoms with van der Waals surface area (Å²) < 4.78 is 4.77. The molecule has 0 aromatic rings. The molecule has 0 saturated carbocycles. The number of nitrogens with one attached hydrogen (secondary N) is 1. The van der Waals surface area contributed by atoms with Gasteiger partial charge in [-0.1, -0.05) is 0 Å². The third-order valence-electron chi connectivity index (χ3n) is 2.77. The van der Waals surface area contributed by atoms with Crippen molar-refractivity contribution in [1.82, 2.24) is 10.2 Å². The zero-order valence-electron chi connectivity index (χ0n) is 9.46. The maximum absolute atomic E-state index is 11.4. The Morgan fingerprint density at radius 1 is 1.57 bits per heavy atom. The van der Waals surface area contributed by atoms with Crippen molar-refractivity contribution in [2.45, 2.75) is 19.9 Å². The lowest BCUT2D eigenvalue weighted by atomic mass is 9.92. The highest BCUT2D eigenvalue weighted by atomic mass is 16.5. The van der Waals surface area contributed by atoms with Gasteiger partial charge in [-0.3, -0.25) is 9.69 Å². The van der Waals surface area contributed by atoms with Crippen LogP contribution in [0.25, 0.3) is 0 Å². The van der Waals surface area contributed by atoms with E-state index >= 15 is 0 Å². The van der Waals surface area contributed by atoms with Gasteiger partial charge in [-0.05, 0) is 20.9 Å². The van der Waals surface area contributed by atoms with Gasteiger partial charge in [0.2, 0.25) is 0 Å². The molecule has 1 heterocycles. The van der Waals surface area contributed by atoms with Gasteiger partial charge < -0.3 is 10.1 Å². The number of rotatable bonds is 4. The Morgan fingerprint density at radius 3 is 2.50 bits per heavy atom. The Kier molecular flexibility index (Phi) is 3.50. The number of nitrogens with zero attached hydrogens (tertiary/aromatic N) is 1. The van der Waals surface area contributed by atoms with Crippen LogP contribution in [0.15, 0.2) is 0 Å². The Labute approximate surface area is 85.6 Å². The fourth-order valence-corrected chi connectivity index (χ4v) is 1.68. The maximum atomic E-state index is 11.4. The van der Waals surface area contributed by atoms with Crippen LogP contribution in [0.2, 0.25) is 0 Å². The maximum Gasteiger partial charge on any atom is 0.312 e. The summed E-state index contributed by atoms with van der Waals surface area (Å²) in [5.74, 6) is -0.142. The molecule has 82 valence electrons. The molecule has 0 aromatic heterocycles. The fraction of sp³-hybridized carbons (Fsp3) is 0.900. The van der Waals surface area contributed by atoms with Crippen LogP contribution in [0.5, 0.6) is 0 Å². The van der Waals surface area contributed by atoms with Crippen molar-refractivity contribution in [2.24, 2.45) is 5.41 Å². The summed E-state index contributed by atoms with van der Waals surface area (Å²) >= 11 is 0. The normalized spacial score (nSPS) is 18.1. The van der Waals surface area contributed by atoms with E-state index in [1.54, 1.807) is 0 Å². The minimum Gasteiger partial charge on any atom is -0.469 e. The zero-order chi connectivity index (χ0) is 10.8. The molecule has 0 amide bonds. The summed E-state index contributed by atoms with van der Waals surface area (Å²) in [6.45, 7) is 6.62. The molecule has 1 aliphatic rings. The van der Waals surface area contributed by atoms with Crippen molar-refractivity contribution in [3.8, 4) is 0 Å². The molecule has 0 unspecified atom stereocenters. The smallest absolute Gasteiger partial charge is 0.312 e. The molecule has 1 N–H and O–H groups in total. The van der Waals surface area contributed by atoms with Gasteiger partial charge in [-0.15, -0.1) is 0 Å². The van der Waals surface area contributed by atoms with E-state index in [1.807, 2.05) is 13.8 Å². The van der Waals surface area contributed by atoms with Crippen molar-refractivity contribution >= 4 is 5.97 Å². The topological polar surface area (TPSA) is 41.6 Å². The first-order valence-electron chi connectivity index (χ1n) is 4.97.